The van der Waals surface area contributed by atoms with Crippen LogP contribution in [-0.2, 0) is 14.3 Å². The summed E-state index contributed by atoms with van der Waals surface area (Å²) in [7, 11) is 0. The number of hydrogen-bond donors (Lipinski definition) is 1. The minimum Gasteiger partial charge on any atom is -0.452 e. The average molecular weight is 297 g/mol. The summed E-state index contributed by atoms with van der Waals surface area (Å²) in [6.45, 7) is 3.34. The molecule has 2 aromatic carbocycles. The van der Waals surface area contributed by atoms with Crippen LogP contribution >= 0.6 is 0 Å². The van der Waals surface area contributed by atoms with Gasteiger partial charge in [-0.3, -0.25) is 4.79 Å². The van der Waals surface area contributed by atoms with Crippen molar-refractivity contribution in [2.24, 2.45) is 0 Å². The zero-order chi connectivity index (χ0) is 15.9. The van der Waals surface area contributed by atoms with Crippen molar-refractivity contribution in [1.82, 2.24) is 5.32 Å². The van der Waals surface area contributed by atoms with Crippen LogP contribution in [-0.4, -0.2) is 18.5 Å². The molecule has 0 bridgehead atoms. The maximum Gasteiger partial charge on any atom is 0.330 e. The number of rotatable bonds is 5. The molecule has 0 aromatic heterocycles. The highest BCUT2D eigenvalue weighted by Gasteiger charge is 2.13. The Balaban J connectivity index is 2.03. The van der Waals surface area contributed by atoms with Gasteiger partial charge >= 0.3 is 5.97 Å². The third kappa shape index (κ3) is 3.95. The lowest BCUT2D eigenvalue weighted by molar-refractivity contribution is -0.144. The van der Waals surface area contributed by atoms with Gasteiger partial charge in [-0.15, -0.1) is 0 Å². The van der Waals surface area contributed by atoms with Crippen LogP contribution in [0.15, 0.2) is 54.6 Å². The first-order chi connectivity index (χ1) is 10.6. The third-order valence-electron chi connectivity index (χ3n) is 3.32. The van der Waals surface area contributed by atoms with Crippen LogP contribution in [0, 0.1) is 0 Å². The molecule has 1 amide bonds. The van der Waals surface area contributed by atoms with Crippen molar-refractivity contribution in [2.45, 2.75) is 19.9 Å². The number of benzene rings is 2. The molecule has 2 rings (SSSR count). The molecule has 4 heteroatoms. The summed E-state index contributed by atoms with van der Waals surface area (Å²) in [5, 5.41) is 5.07. The molecular formula is C18H19NO3. The molecule has 0 aliphatic rings. The van der Waals surface area contributed by atoms with E-state index in [0.717, 1.165) is 16.3 Å². The molecule has 0 saturated heterocycles. The number of ether oxygens (including phenoxy) is 1. The standard InChI is InChI=1S/C18H19NO3/c1-3-7-18(21)22-12-17(20)19-13(2)15-11-6-9-14-8-4-5-10-16(14)15/h3-11,13H,12H2,1-2H3,(H,19,20)/b7-3+. The van der Waals surface area contributed by atoms with E-state index in [4.69, 9.17) is 4.74 Å². The topological polar surface area (TPSA) is 55.4 Å². The Hall–Kier alpha value is -2.62. The van der Waals surface area contributed by atoms with Gasteiger partial charge in [0.2, 0.25) is 0 Å². The number of carbonyl (C=O) groups excluding carboxylic acids is 2. The van der Waals surface area contributed by atoms with Crippen molar-refractivity contribution in [3.63, 3.8) is 0 Å². The first-order valence-electron chi connectivity index (χ1n) is 7.18. The number of hydrogen-bond acceptors (Lipinski definition) is 3. The predicted molar refractivity (Wildman–Crippen MR) is 86.3 cm³/mol. The van der Waals surface area contributed by atoms with E-state index in [1.54, 1.807) is 13.0 Å². The molecule has 0 aliphatic heterocycles. The highest BCUT2D eigenvalue weighted by atomic mass is 16.5. The van der Waals surface area contributed by atoms with Crippen LogP contribution in [0.2, 0.25) is 0 Å². The first kappa shape index (κ1) is 15.8. The van der Waals surface area contributed by atoms with Gasteiger partial charge in [0, 0.05) is 6.08 Å². The highest BCUT2D eigenvalue weighted by molar-refractivity contribution is 5.88. The second-order valence-corrected chi connectivity index (χ2v) is 4.97. The van der Waals surface area contributed by atoms with Crippen LogP contribution in [0.3, 0.4) is 0 Å². The highest BCUT2D eigenvalue weighted by Crippen LogP contribution is 2.23. The molecule has 1 unspecified atom stereocenters. The Bertz CT molecular complexity index is 701. The molecule has 114 valence electrons. The Morgan fingerprint density at radius 1 is 1.18 bits per heavy atom. The molecule has 22 heavy (non-hydrogen) atoms. The zero-order valence-corrected chi connectivity index (χ0v) is 12.7. The van der Waals surface area contributed by atoms with Gasteiger partial charge < -0.3 is 10.1 Å². The van der Waals surface area contributed by atoms with Crippen LogP contribution in [0.25, 0.3) is 10.8 Å². The summed E-state index contributed by atoms with van der Waals surface area (Å²) in [5.41, 5.74) is 1.03. The number of carbonyl (C=O) groups is 2. The van der Waals surface area contributed by atoms with Crippen molar-refractivity contribution in [3.05, 3.63) is 60.2 Å². The van der Waals surface area contributed by atoms with Crippen molar-refractivity contribution in [1.29, 1.82) is 0 Å². The lowest BCUT2D eigenvalue weighted by atomic mass is 10.00. The molecule has 0 saturated carbocycles. The van der Waals surface area contributed by atoms with Gasteiger partial charge in [-0.1, -0.05) is 48.5 Å². The summed E-state index contributed by atoms with van der Waals surface area (Å²) >= 11 is 0. The normalized spacial score (nSPS) is 12.3. The smallest absolute Gasteiger partial charge is 0.330 e. The molecule has 1 atom stereocenters. The van der Waals surface area contributed by atoms with Crippen LogP contribution in [0.1, 0.15) is 25.5 Å². The Morgan fingerprint density at radius 3 is 2.68 bits per heavy atom. The van der Waals surface area contributed by atoms with Gasteiger partial charge in [0.1, 0.15) is 0 Å². The summed E-state index contributed by atoms with van der Waals surface area (Å²) in [6.07, 6.45) is 2.85. The minimum atomic E-state index is -0.518. The molecule has 1 N–H and O–H groups in total. The molecule has 0 aliphatic carbocycles. The first-order valence-corrected chi connectivity index (χ1v) is 7.18. The van der Waals surface area contributed by atoms with Crippen molar-refractivity contribution in [3.8, 4) is 0 Å². The largest absolute Gasteiger partial charge is 0.452 e. The molecular weight excluding hydrogens is 278 g/mol. The van der Waals surface area contributed by atoms with E-state index in [-0.39, 0.29) is 18.6 Å². The molecule has 0 fully saturated rings. The second-order valence-electron chi connectivity index (χ2n) is 4.97. The number of allylic oxidation sites excluding steroid dienone is 1. The minimum absolute atomic E-state index is 0.168. The zero-order valence-electron chi connectivity index (χ0n) is 12.7. The van der Waals surface area contributed by atoms with E-state index in [0.29, 0.717) is 0 Å². The molecule has 0 heterocycles. The summed E-state index contributed by atoms with van der Waals surface area (Å²) in [4.78, 5) is 23.0. The summed E-state index contributed by atoms with van der Waals surface area (Å²) in [6, 6.07) is 13.8. The van der Waals surface area contributed by atoms with E-state index in [1.165, 1.54) is 6.08 Å². The van der Waals surface area contributed by atoms with Gasteiger partial charge in [0.15, 0.2) is 6.61 Å². The molecule has 4 nitrogen and oxygen atoms in total. The lowest BCUT2D eigenvalue weighted by Crippen LogP contribution is -2.31. The SMILES string of the molecule is C/C=C/C(=O)OCC(=O)NC(C)c1cccc2ccccc12. The third-order valence-corrected chi connectivity index (χ3v) is 3.32. The predicted octanol–water partition coefficient (Wildman–Crippen LogP) is 3.14. The van der Waals surface area contributed by atoms with Crippen molar-refractivity contribution >= 4 is 22.6 Å². The van der Waals surface area contributed by atoms with E-state index in [2.05, 4.69) is 5.32 Å². The molecule has 2 aromatic rings. The Labute approximate surface area is 129 Å². The fourth-order valence-corrected chi connectivity index (χ4v) is 2.31. The van der Waals surface area contributed by atoms with Crippen LogP contribution < -0.4 is 5.32 Å². The van der Waals surface area contributed by atoms with Gasteiger partial charge in [-0.05, 0) is 30.2 Å². The van der Waals surface area contributed by atoms with E-state index >= 15 is 0 Å². The summed E-state index contributed by atoms with van der Waals surface area (Å²) in [5.74, 6) is -0.839. The van der Waals surface area contributed by atoms with E-state index in [9.17, 15) is 9.59 Å². The van der Waals surface area contributed by atoms with Crippen molar-refractivity contribution < 1.29 is 14.3 Å². The molecule has 0 spiro atoms. The van der Waals surface area contributed by atoms with Gasteiger partial charge in [0.25, 0.3) is 5.91 Å². The quantitative estimate of drug-likeness (QED) is 0.681. The van der Waals surface area contributed by atoms with Crippen molar-refractivity contribution in [2.75, 3.05) is 6.61 Å². The lowest BCUT2D eigenvalue weighted by Gasteiger charge is -2.16. The maximum atomic E-state index is 11.9. The number of fused-ring (bicyclic) bond motifs is 1. The Kier molecular flexibility index (Phi) is 5.31. The number of esters is 1. The van der Waals surface area contributed by atoms with Crippen LogP contribution in [0.5, 0.6) is 0 Å². The molecule has 0 radical (unpaired) electrons. The maximum absolute atomic E-state index is 11.9. The monoisotopic (exact) mass is 297 g/mol. The average Bonchev–Trinajstić information content (AvgIpc) is 2.52. The number of amides is 1. The van der Waals surface area contributed by atoms with E-state index < -0.39 is 5.97 Å². The van der Waals surface area contributed by atoms with Gasteiger partial charge in [-0.2, -0.15) is 0 Å². The van der Waals surface area contributed by atoms with Crippen LogP contribution in [0.4, 0.5) is 0 Å². The fourth-order valence-electron chi connectivity index (χ4n) is 2.31. The van der Waals surface area contributed by atoms with E-state index in [1.807, 2.05) is 49.4 Å². The number of nitrogens with one attached hydrogen (secondary N) is 1. The van der Waals surface area contributed by atoms with Gasteiger partial charge in [-0.25, -0.2) is 4.79 Å². The Morgan fingerprint density at radius 2 is 1.91 bits per heavy atom. The second kappa shape index (κ2) is 7.41. The fraction of sp³-hybridized carbons (Fsp3) is 0.222. The summed E-state index contributed by atoms with van der Waals surface area (Å²) < 4.78 is 4.83. The van der Waals surface area contributed by atoms with Gasteiger partial charge in [0.05, 0.1) is 6.04 Å².